The molecule has 0 unspecified atom stereocenters. The second-order valence-electron chi connectivity index (χ2n) is 5.17. The highest BCUT2D eigenvalue weighted by atomic mass is 32.3. The van der Waals surface area contributed by atoms with Crippen LogP contribution in [0.5, 0.6) is 0 Å². The summed E-state index contributed by atoms with van der Waals surface area (Å²) in [6.45, 7) is -3.73. The van der Waals surface area contributed by atoms with Gasteiger partial charge in [-0.1, -0.05) is 0 Å². The topological polar surface area (TPSA) is 66.4 Å². The molecule has 0 spiro atoms. The molecule has 0 radical (unpaired) electrons. The van der Waals surface area contributed by atoms with Crippen molar-refractivity contribution in [3.63, 3.8) is 0 Å². The Labute approximate surface area is 153 Å². The first-order chi connectivity index (χ1) is 12.7. The van der Waals surface area contributed by atoms with E-state index in [-0.39, 0.29) is 0 Å². The van der Waals surface area contributed by atoms with Crippen molar-refractivity contribution in [2.45, 2.75) is 47.9 Å². The van der Waals surface area contributed by atoms with Crippen LogP contribution in [-0.2, 0) is 14.6 Å². The molecule has 182 valence electrons. The molecule has 21 heteroatoms. The van der Waals surface area contributed by atoms with Crippen LogP contribution in [0.2, 0.25) is 0 Å². The summed E-state index contributed by atoms with van der Waals surface area (Å²) in [6.07, 6.45) is -5.96. The summed E-state index contributed by atoms with van der Waals surface area (Å²) in [5, 5.41) is 0. The third-order valence-electron chi connectivity index (χ3n) is 3.11. The molecule has 0 bridgehead atoms. The van der Waals surface area contributed by atoms with E-state index < -0.39 is 64.9 Å². The molecular weight excluding hydrogens is 508 g/mol. The third-order valence-corrected chi connectivity index (χ3v) is 3.52. The predicted octanol–water partition coefficient (Wildman–Crippen LogP) is 4.18. The second kappa shape index (κ2) is 7.41. The lowest BCUT2D eigenvalue weighted by Gasteiger charge is -2.42. The molecule has 0 rings (SSSR count). The number of alkyl halides is 16. The molecule has 0 fully saturated rings. The first-order valence-corrected chi connectivity index (χ1v) is 7.51. The van der Waals surface area contributed by atoms with Gasteiger partial charge < -0.3 is 4.55 Å². The van der Waals surface area contributed by atoms with Gasteiger partial charge in [-0.3, -0.25) is 4.18 Å². The van der Waals surface area contributed by atoms with Crippen LogP contribution in [0.25, 0.3) is 0 Å². The third kappa shape index (κ3) is 4.10. The zero-order valence-corrected chi connectivity index (χ0v) is 13.7. The van der Waals surface area contributed by atoms with Crippen molar-refractivity contribution < 1.29 is 87.4 Å². The standard InChI is InChI=1S/C9H4F16O4S/c10-2(11)4(14,15)6(18,19)8(22,23)9(24,25)7(20,21)5(16,17)3(12,13)1-29-30(26,27)28/h2H,1H2,(H,26,27,28)/p-1. The molecular formula is C9H3F16O4S-. The summed E-state index contributed by atoms with van der Waals surface area (Å²) in [7, 11) is -6.43. The van der Waals surface area contributed by atoms with Gasteiger partial charge in [-0.2, -0.15) is 61.5 Å². The Morgan fingerprint density at radius 1 is 0.633 bits per heavy atom. The fourth-order valence-electron chi connectivity index (χ4n) is 1.40. The molecule has 0 heterocycles. The van der Waals surface area contributed by atoms with Gasteiger partial charge in [0.15, 0.2) is 0 Å². The Morgan fingerprint density at radius 2 is 0.933 bits per heavy atom. The highest BCUT2D eigenvalue weighted by Gasteiger charge is 2.93. The lowest BCUT2D eigenvalue weighted by molar-refractivity contribution is -0.447. The highest BCUT2D eigenvalue weighted by Crippen LogP contribution is 2.62. The summed E-state index contributed by atoms with van der Waals surface area (Å²) in [5.74, 6) is -56.4. The van der Waals surface area contributed by atoms with E-state index >= 15 is 0 Å². The molecule has 0 aromatic heterocycles. The zero-order chi connectivity index (χ0) is 25.0. The van der Waals surface area contributed by atoms with E-state index in [2.05, 4.69) is 4.18 Å². The normalized spacial score (nSPS) is 16.3. The van der Waals surface area contributed by atoms with Crippen molar-refractivity contribution in [3.05, 3.63) is 0 Å². The van der Waals surface area contributed by atoms with Gasteiger partial charge in [0.25, 0.3) is 0 Å². The van der Waals surface area contributed by atoms with Crippen LogP contribution >= 0.6 is 0 Å². The minimum atomic E-state index is -8.61. The molecule has 0 atom stereocenters. The molecule has 4 nitrogen and oxygen atoms in total. The summed E-state index contributed by atoms with van der Waals surface area (Å²) in [4.78, 5) is 0. The second-order valence-corrected chi connectivity index (χ2v) is 6.22. The van der Waals surface area contributed by atoms with Crippen LogP contribution in [0.15, 0.2) is 0 Å². The Kier molecular flexibility index (Phi) is 7.11. The van der Waals surface area contributed by atoms with Crippen LogP contribution < -0.4 is 0 Å². The average molecular weight is 511 g/mol. The van der Waals surface area contributed by atoms with Crippen molar-refractivity contribution in [1.82, 2.24) is 0 Å². The van der Waals surface area contributed by atoms with Crippen molar-refractivity contribution in [2.75, 3.05) is 6.61 Å². The van der Waals surface area contributed by atoms with Crippen molar-refractivity contribution >= 4 is 10.4 Å². The highest BCUT2D eigenvalue weighted by molar-refractivity contribution is 7.80. The fourth-order valence-corrected chi connectivity index (χ4v) is 1.70. The number of hydrogen-bond donors (Lipinski definition) is 0. The maximum atomic E-state index is 13.2. The Bertz CT molecular complexity index is 729. The monoisotopic (exact) mass is 511 g/mol. The van der Waals surface area contributed by atoms with E-state index in [1.54, 1.807) is 0 Å². The van der Waals surface area contributed by atoms with Gasteiger partial charge in [-0.05, 0) is 0 Å². The van der Waals surface area contributed by atoms with E-state index in [9.17, 15) is 83.2 Å². The maximum absolute atomic E-state index is 13.2. The quantitative estimate of drug-likeness (QED) is 0.251. The molecule has 0 aliphatic heterocycles. The molecule has 0 aliphatic rings. The van der Waals surface area contributed by atoms with E-state index in [1.165, 1.54) is 0 Å². The Hall–Kier alpha value is -1.25. The Balaban J connectivity index is 6.52. The van der Waals surface area contributed by atoms with Crippen molar-refractivity contribution in [2.24, 2.45) is 0 Å². The minimum absolute atomic E-state index is 2.38. The maximum Gasteiger partial charge on any atom is 0.384 e. The summed E-state index contributed by atoms with van der Waals surface area (Å²) < 4.78 is 238. The van der Waals surface area contributed by atoms with Gasteiger partial charge in [-0.25, -0.2) is 17.2 Å². The number of halogens is 16. The van der Waals surface area contributed by atoms with Crippen molar-refractivity contribution in [1.29, 1.82) is 0 Å². The Morgan fingerprint density at radius 3 is 1.23 bits per heavy atom. The van der Waals surface area contributed by atoms with Gasteiger partial charge in [0.05, 0.1) is 0 Å². The predicted molar refractivity (Wildman–Crippen MR) is 56.3 cm³/mol. The summed E-state index contributed by atoms with van der Waals surface area (Å²) >= 11 is 0. The molecule has 0 aromatic carbocycles. The largest absolute Gasteiger partial charge is 0.726 e. The van der Waals surface area contributed by atoms with E-state index in [0.717, 1.165) is 0 Å². The van der Waals surface area contributed by atoms with Crippen LogP contribution in [0.4, 0.5) is 70.2 Å². The minimum Gasteiger partial charge on any atom is -0.726 e. The first-order valence-electron chi connectivity index (χ1n) is 6.18. The van der Waals surface area contributed by atoms with Gasteiger partial charge in [-0.15, -0.1) is 0 Å². The van der Waals surface area contributed by atoms with Crippen LogP contribution in [0, 0.1) is 0 Å². The van der Waals surface area contributed by atoms with Crippen molar-refractivity contribution in [3.8, 4) is 0 Å². The summed E-state index contributed by atoms with van der Waals surface area (Å²) in [6, 6.07) is 0. The molecule has 0 aliphatic carbocycles. The smallest absolute Gasteiger partial charge is 0.384 e. The van der Waals surface area contributed by atoms with Gasteiger partial charge in [0, 0.05) is 0 Å². The van der Waals surface area contributed by atoms with Crippen LogP contribution in [-0.4, -0.2) is 67.5 Å². The SMILES string of the molecule is O=S(=O)([O-])OCC(F)(F)C(F)(F)C(F)(F)C(F)(F)C(F)(F)C(F)(F)C(F)(F)C(F)F. The average Bonchev–Trinajstić information content (AvgIpc) is 2.51. The molecule has 0 saturated carbocycles. The molecule has 30 heavy (non-hydrogen) atoms. The lowest BCUT2D eigenvalue weighted by atomic mass is 9.89. The zero-order valence-electron chi connectivity index (χ0n) is 12.9. The van der Waals surface area contributed by atoms with E-state index in [0.29, 0.717) is 0 Å². The fraction of sp³-hybridized carbons (Fsp3) is 1.00. The molecule has 0 saturated heterocycles. The lowest BCUT2D eigenvalue weighted by Crippen LogP contribution is -2.74. The first kappa shape index (κ1) is 28.8. The van der Waals surface area contributed by atoms with Crippen LogP contribution in [0.1, 0.15) is 0 Å². The number of hydrogen-bond acceptors (Lipinski definition) is 4. The van der Waals surface area contributed by atoms with Gasteiger partial charge in [0.1, 0.15) is 6.61 Å². The van der Waals surface area contributed by atoms with Crippen LogP contribution in [0.3, 0.4) is 0 Å². The molecule has 0 N–H and O–H groups in total. The summed E-state index contributed by atoms with van der Waals surface area (Å²) in [5.41, 5.74) is 0. The molecule has 0 amide bonds. The number of rotatable bonds is 10. The van der Waals surface area contributed by atoms with Gasteiger partial charge in [0.2, 0.25) is 10.4 Å². The van der Waals surface area contributed by atoms with E-state index in [1.807, 2.05) is 0 Å². The van der Waals surface area contributed by atoms with E-state index in [4.69, 9.17) is 0 Å². The van der Waals surface area contributed by atoms with Gasteiger partial charge >= 0.3 is 47.9 Å². The molecule has 0 aromatic rings.